The highest BCUT2D eigenvalue weighted by molar-refractivity contribution is 5.98. The zero-order valence-corrected chi connectivity index (χ0v) is 30.4. The Labute approximate surface area is 296 Å². The van der Waals surface area contributed by atoms with E-state index >= 15 is 0 Å². The van der Waals surface area contributed by atoms with Crippen molar-refractivity contribution in [1.29, 1.82) is 0 Å². The van der Waals surface area contributed by atoms with Crippen molar-refractivity contribution in [1.82, 2.24) is 30.8 Å². The zero-order chi connectivity index (χ0) is 36.0. The Bertz CT molecular complexity index is 1360. The molecule has 12 nitrogen and oxygen atoms in total. The molecule has 2 unspecified atom stereocenters. The Morgan fingerprint density at radius 3 is 2.32 bits per heavy atom. The minimum absolute atomic E-state index is 0.0273. The molecular formula is C38H58N6O6. The molecule has 4 N–H and O–H groups in total. The molecule has 1 aromatic heterocycles. The van der Waals surface area contributed by atoms with E-state index in [1.165, 1.54) is 25.0 Å². The van der Waals surface area contributed by atoms with Crippen molar-refractivity contribution in [3.63, 3.8) is 0 Å². The average molecular weight is 695 g/mol. The quantitative estimate of drug-likeness (QED) is 0.201. The summed E-state index contributed by atoms with van der Waals surface area (Å²) < 4.78 is 0. The van der Waals surface area contributed by atoms with Gasteiger partial charge in [0.2, 0.25) is 17.7 Å². The van der Waals surface area contributed by atoms with Crippen LogP contribution in [0.3, 0.4) is 0 Å². The highest BCUT2D eigenvalue weighted by atomic mass is 16.3. The molecule has 5 rings (SSSR count). The first-order valence-electron chi connectivity index (χ1n) is 19.1. The highest BCUT2D eigenvalue weighted by Crippen LogP contribution is 2.43. The number of hydrogen-bond acceptors (Lipinski definition) is 8. The lowest BCUT2D eigenvalue weighted by molar-refractivity contribution is -0.146. The van der Waals surface area contributed by atoms with Crippen molar-refractivity contribution >= 4 is 29.4 Å². The van der Waals surface area contributed by atoms with Crippen LogP contribution in [0.4, 0.5) is 0 Å². The van der Waals surface area contributed by atoms with Gasteiger partial charge in [0.25, 0.3) is 5.91 Å². The third kappa shape index (κ3) is 9.47. The maximum absolute atomic E-state index is 14.6. The van der Waals surface area contributed by atoms with Gasteiger partial charge in [0.15, 0.2) is 11.9 Å². The molecule has 2 heterocycles. The van der Waals surface area contributed by atoms with Crippen molar-refractivity contribution < 1.29 is 29.1 Å². The normalized spacial score (nSPS) is 24.8. The van der Waals surface area contributed by atoms with Crippen LogP contribution in [0.2, 0.25) is 0 Å². The van der Waals surface area contributed by atoms with E-state index in [0.717, 1.165) is 57.8 Å². The van der Waals surface area contributed by atoms with Crippen LogP contribution in [0.1, 0.15) is 128 Å². The summed E-state index contributed by atoms with van der Waals surface area (Å²) in [5.41, 5.74) is -0.483. The number of likely N-dealkylation sites (tertiary alicyclic amines) is 1. The fourth-order valence-corrected chi connectivity index (χ4v) is 8.41. The van der Waals surface area contributed by atoms with Crippen LogP contribution < -0.4 is 16.0 Å². The monoisotopic (exact) mass is 694 g/mol. The predicted octanol–water partition coefficient (Wildman–Crippen LogP) is 3.72. The van der Waals surface area contributed by atoms with Crippen LogP contribution in [0.5, 0.6) is 0 Å². The van der Waals surface area contributed by atoms with E-state index in [1.54, 1.807) is 4.90 Å². The van der Waals surface area contributed by atoms with Crippen LogP contribution in [0.15, 0.2) is 18.6 Å². The number of ketones is 1. The molecule has 0 spiro atoms. The van der Waals surface area contributed by atoms with Crippen molar-refractivity contribution in [3.8, 4) is 0 Å². The van der Waals surface area contributed by atoms with E-state index in [-0.39, 0.29) is 53.5 Å². The molecule has 1 saturated heterocycles. The standard InChI is InChI=1S/C38H58N6O6/c1-5-10-28(32(46)36(49)41-26-15-16-26)42-35(48)31-27-14-9-13-24(27)22-44(31)37(50)33(38(2,3)4)43-34(47)25(19-23-11-7-6-8-12-23)20-30(45)29-21-39-17-18-40-29/h17-18,21,23-28,31-33,46H,5-16,19-20,22H2,1-4H3,(H,41,49)(H,42,48)(H,43,47)/t24-,25+,27-,28-,31?,32?,33+/m0/s1. The van der Waals surface area contributed by atoms with Crippen LogP contribution in [0.25, 0.3) is 0 Å². The van der Waals surface area contributed by atoms with E-state index in [2.05, 4.69) is 25.9 Å². The smallest absolute Gasteiger partial charge is 0.251 e. The summed E-state index contributed by atoms with van der Waals surface area (Å²) in [6.07, 6.45) is 14.4. The lowest BCUT2D eigenvalue weighted by Crippen LogP contribution is -2.60. The molecule has 3 saturated carbocycles. The predicted molar refractivity (Wildman–Crippen MR) is 187 cm³/mol. The number of nitrogens with zero attached hydrogens (tertiary/aromatic N) is 3. The van der Waals surface area contributed by atoms with Gasteiger partial charge in [-0.3, -0.25) is 29.0 Å². The Morgan fingerprint density at radius 1 is 0.940 bits per heavy atom. The Morgan fingerprint density at radius 2 is 1.68 bits per heavy atom. The first kappa shape index (κ1) is 37.8. The van der Waals surface area contributed by atoms with Crippen molar-refractivity contribution in [2.45, 2.75) is 148 Å². The van der Waals surface area contributed by atoms with Gasteiger partial charge < -0.3 is 26.0 Å². The SMILES string of the molecule is CCC[C@H](NC(=O)C1[C@H]2CCC[C@H]2CN1C(=O)[C@@H](NC(=O)[C@@H](CC(=O)c1cnccn1)CC1CCCCC1)C(C)(C)C)C(O)C(=O)NC1CC1. The van der Waals surface area contributed by atoms with E-state index in [1.807, 2.05) is 27.7 Å². The van der Waals surface area contributed by atoms with Crippen LogP contribution in [0, 0.1) is 29.1 Å². The zero-order valence-electron chi connectivity index (χ0n) is 30.4. The largest absolute Gasteiger partial charge is 0.381 e. The lowest BCUT2D eigenvalue weighted by Gasteiger charge is -2.37. The number of carbonyl (C=O) groups excluding carboxylic acids is 5. The summed E-state index contributed by atoms with van der Waals surface area (Å²) in [4.78, 5) is 78.9. The van der Waals surface area contributed by atoms with E-state index in [4.69, 9.17) is 0 Å². The van der Waals surface area contributed by atoms with Gasteiger partial charge in [-0.1, -0.05) is 72.6 Å². The molecule has 0 bridgehead atoms. The fourth-order valence-electron chi connectivity index (χ4n) is 8.41. The van der Waals surface area contributed by atoms with E-state index in [0.29, 0.717) is 31.7 Å². The molecule has 276 valence electrons. The van der Waals surface area contributed by atoms with E-state index < -0.39 is 41.5 Å². The Hall–Kier alpha value is -3.41. The van der Waals surface area contributed by atoms with E-state index in [9.17, 15) is 29.1 Å². The summed E-state index contributed by atoms with van der Waals surface area (Å²) >= 11 is 0. The third-order valence-electron chi connectivity index (χ3n) is 11.3. The molecule has 0 radical (unpaired) electrons. The highest BCUT2D eigenvalue weighted by Gasteiger charge is 2.52. The molecule has 12 heteroatoms. The molecule has 7 atom stereocenters. The van der Waals surface area contributed by atoms with Gasteiger partial charge in [0.1, 0.15) is 17.8 Å². The topological polar surface area (TPSA) is 171 Å². The molecular weight excluding hydrogens is 636 g/mol. The number of Topliss-reactive ketones (excluding diaryl/α,β-unsaturated/α-hetero) is 1. The molecule has 1 aliphatic heterocycles. The lowest BCUT2D eigenvalue weighted by atomic mass is 9.80. The van der Waals surface area contributed by atoms with Gasteiger partial charge in [-0.15, -0.1) is 0 Å². The summed E-state index contributed by atoms with van der Waals surface area (Å²) in [5.74, 6) is -1.98. The number of aliphatic hydroxyl groups is 1. The van der Waals surface area contributed by atoms with Crippen molar-refractivity contribution in [3.05, 3.63) is 24.3 Å². The molecule has 1 aromatic rings. The summed E-state index contributed by atoms with van der Waals surface area (Å²) in [6, 6.07) is -2.42. The van der Waals surface area contributed by atoms with Crippen LogP contribution >= 0.6 is 0 Å². The Kier molecular flexibility index (Phi) is 12.7. The average Bonchev–Trinajstić information content (AvgIpc) is 3.66. The first-order valence-corrected chi connectivity index (χ1v) is 19.1. The van der Waals surface area contributed by atoms with Gasteiger partial charge in [-0.05, 0) is 61.7 Å². The van der Waals surface area contributed by atoms with Gasteiger partial charge in [-0.2, -0.15) is 0 Å². The molecule has 3 aliphatic carbocycles. The molecule has 4 aliphatic rings. The van der Waals surface area contributed by atoms with Crippen LogP contribution in [-0.2, 0) is 19.2 Å². The Balaban J connectivity index is 1.34. The summed E-state index contributed by atoms with van der Waals surface area (Å²) in [5, 5.41) is 19.8. The number of amides is 4. The van der Waals surface area contributed by atoms with Gasteiger partial charge in [-0.25, -0.2) is 4.98 Å². The summed E-state index contributed by atoms with van der Waals surface area (Å²) in [6.45, 7) is 8.03. The number of aromatic nitrogens is 2. The van der Waals surface area contributed by atoms with Gasteiger partial charge >= 0.3 is 0 Å². The second-order valence-electron chi connectivity index (χ2n) is 16.4. The molecule has 4 amide bonds. The maximum Gasteiger partial charge on any atom is 0.251 e. The summed E-state index contributed by atoms with van der Waals surface area (Å²) in [7, 11) is 0. The number of nitrogens with one attached hydrogen (secondary N) is 3. The molecule has 4 fully saturated rings. The number of carbonyl (C=O) groups is 5. The number of aliphatic hydroxyl groups excluding tert-OH is 1. The van der Waals surface area contributed by atoms with Gasteiger partial charge in [0.05, 0.1) is 12.2 Å². The van der Waals surface area contributed by atoms with Crippen LogP contribution in [-0.4, -0.2) is 86.2 Å². The second kappa shape index (κ2) is 16.7. The minimum Gasteiger partial charge on any atom is -0.381 e. The second-order valence-corrected chi connectivity index (χ2v) is 16.4. The first-order chi connectivity index (χ1) is 23.9. The maximum atomic E-state index is 14.6. The number of rotatable bonds is 15. The number of hydrogen-bond donors (Lipinski definition) is 4. The molecule has 50 heavy (non-hydrogen) atoms. The van der Waals surface area contributed by atoms with Gasteiger partial charge in [0, 0.05) is 37.3 Å². The number of fused-ring (bicyclic) bond motifs is 1. The minimum atomic E-state index is -1.39. The third-order valence-corrected chi connectivity index (χ3v) is 11.3. The fraction of sp³-hybridized carbons (Fsp3) is 0.763. The molecule has 0 aromatic carbocycles. The van der Waals surface area contributed by atoms with Crippen molar-refractivity contribution in [2.75, 3.05) is 6.54 Å². The van der Waals surface area contributed by atoms with Crippen molar-refractivity contribution in [2.24, 2.45) is 29.1 Å².